The molecule has 2 heterocycles. The lowest BCUT2D eigenvalue weighted by Crippen LogP contribution is -2.56. The molecule has 0 aromatic carbocycles. The van der Waals surface area contributed by atoms with Gasteiger partial charge in [0, 0.05) is 44.1 Å². The largest absolute Gasteiger partial charge is 0.444 e. The number of nitrogens with zero attached hydrogens (tertiary/aromatic N) is 4. The van der Waals surface area contributed by atoms with Crippen LogP contribution < -0.4 is 10.5 Å². The Morgan fingerprint density at radius 1 is 1.29 bits per heavy atom. The van der Waals surface area contributed by atoms with E-state index in [0.717, 1.165) is 12.8 Å². The second kappa shape index (κ2) is 6.11. The Morgan fingerprint density at radius 2 is 2.00 bits per heavy atom. The van der Waals surface area contributed by atoms with Crippen molar-refractivity contribution < 1.29 is 9.53 Å². The van der Waals surface area contributed by atoms with E-state index in [-0.39, 0.29) is 17.7 Å². The Labute approximate surface area is 142 Å². The van der Waals surface area contributed by atoms with E-state index in [9.17, 15) is 9.59 Å². The van der Waals surface area contributed by atoms with Crippen LogP contribution in [0.2, 0.25) is 0 Å². The molecule has 1 amide bonds. The van der Waals surface area contributed by atoms with Gasteiger partial charge in [-0.1, -0.05) is 0 Å². The lowest BCUT2D eigenvalue weighted by molar-refractivity contribution is 0.0158. The molecule has 1 saturated heterocycles. The van der Waals surface area contributed by atoms with Crippen LogP contribution in [0.3, 0.4) is 0 Å². The van der Waals surface area contributed by atoms with Crippen molar-refractivity contribution in [2.75, 3.05) is 24.5 Å². The Hall–Kier alpha value is -2.05. The number of aromatic nitrogens is 2. The zero-order valence-electron chi connectivity index (χ0n) is 14.9. The number of piperazine rings is 1. The van der Waals surface area contributed by atoms with Crippen LogP contribution in [-0.4, -0.2) is 51.8 Å². The van der Waals surface area contributed by atoms with E-state index in [1.54, 1.807) is 21.9 Å². The first-order valence-electron chi connectivity index (χ1n) is 8.58. The summed E-state index contributed by atoms with van der Waals surface area (Å²) in [5, 5.41) is 0. The Bertz CT molecular complexity index is 675. The van der Waals surface area contributed by atoms with Gasteiger partial charge in [0.2, 0.25) is 0 Å². The Morgan fingerprint density at radius 3 is 2.58 bits per heavy atom. The number of amides is 1. The number of hydrogen-bond acceptors (Lipinski definition) is 5. The average Bonchev–Trinajstić information content (AvgIpc) is 3.30. The monoisotopic (exact) mass is 334 g/mol. The lowest BCUT2D eigenvalue weighted by atomic mass is 10.2. The normalized spacial score (nSPS) is 21.8. The van der Waals surface area contributed by atoms with Crippen molar-refractivity contribution in [3.63, 3.8) is 0 Å². The summed E-state index contributed by atoms with van der Waals surface area (Å²) in [4.78, 5) is 32.9. The maximum absolute atomic E-state index is 12.6. The van der Waals surface area contributed by atoms with Crippen molar-refractivity contribution in [1.29, 1.82) is 0 Å². The maximum atomic E-state index is 12.6. The molecule has 0 unspecified atom stereocenters. The van der Waals surface area contributed by atoms with Crippen molar-refractivity contribution in [3.8, 4) is 0 Å². The quantitative estimate of drug-likeness (QED) is 0.828. The predicted molar refractivity (Wildman–Crippen MR) is 91.4 cm³/mol. The summed E-state index contributed by atoms with van der Waals surface area (Å²) < 4.78 is 7.24. The third-order valence-electron chi connectivity index (χ3n) is 4.35. The van der Waals surface area contributed by atoms with E-state index in [2.05, 4.69) is 4.98 Å². The van der Waals surface area contributed by atoms with Gasteiger partial charge in [0.15, 0.2) is 5.82 Å². The standard InChI is InChI=1S/C17H26N4O3/c1-12-11-19(9-10-20(12)16(23)24-17(2,3)4)14-15(22)21(8-7-18-14)13-5-6-13/h7-8,12-13H,5-6,9-11H2,1-4H3/t12-/m1/s1. The minimum atomic E-state index is -0.507. The molecule has 0 spiro atoms. The van der Waals surface area contributed by atoms with Crippen LogP contribution in [0.25, 0.3) is 0 Å². The summed E-state index contributed by atoms with van der Waals surface area (Å²) in [6, 6.07) is 0.295. The SMILES string of the molecule is C[C@@H]1CN(c2nccn(C3CC3)c2=O)CCN1C(=O)OC(C)(C)C. The number of ether oxygens (including phenoxy) is 1. The van der Waals surface area contributed by atoms with Crippen LogP contribution in [0.5, 0.6) is 0 Å². The molecule has 2 fully saturated rings. The first kappa shape index (κ1) is 16.8. The lowest BCUT2D eigenvalue weighted by Gasteiger charge is -2.40. The number of hydrogen-bond donors (Lipinski definition) is 0. The third kappa shape index (κ3) is 3.55. The highest BCUT2D eigenvalue weighted by Crippen LogP contribution is 2.33. The van der Waals surface area contributed by atoms with Gasteiger partial charge in [-0.2, -0.15) is 0 Å². The summed E-state index contributed by atoms with van der Waals surface area (Å²) in [5.74, 6) is 0.486. The fourth-order valence-corrected chi connectivity index (χ4v) is 3.01. The third-order valence-corrected chi connectivity index (χ3v) is 4.35. The molecule has 1 aliphatic carbocycles. The minimum absolute atomic E-state index is 0.0297. The smallest absolute Gasteiger partial charge is 0.410 e. The average molecular weight is 334 g/mol. The molecule has 2 aliphatic rings. The van der Waals surface area contributed by atoms with Gasteiger partial charge in [0.25, 0.3) is 5.56 Å². The molecule has 0 N–H and O–H groups in total. The minimum Gasteiger partial charge on any atom is -0.444 e. The Balaban J connectivity index is 1.71. The van der Waals surface area contributed by atoms with Crippen molar-refractivity contribution in [3.05, 3.63) is 22.7 Å². The van der Waals surface area contributed by atoms with Gasteiger partial charge in [-0.3, -0.25) is 4.79 Å². The van der Waals surface area contributed by atoms with Crippen molar-refractivity contribution in [2.45, 2.75) is 58.2 Å². The second-order valence-corrected chi connectivity index (χ2v) is 7.66. The van der Waals surface area contributed by atoms with E-state index in [1.807, 2.05) is 32.6 Å². The van der Waals surface area contributed by atoms with Crippen molar-refractivity contribution in [2.24, 2.45) is 0 Å². The van der Waals surface area contributed by atoms with Crippen molar-refractivity contribution >= 4 is 11.9 Å². The van der Waals surface area contributed by atoms with E-state index in [1.165, 1.54) is 0 Å². The molecular formula is C17H26N4O3. The molecule has 24 heavy (non-hydrogen) atoms. The molecule has 7 heteroatoms. The van der Waals surface area contributed by atoms with Crippen LogP contribution in [0, 0.1) is 0 Å². The highest BCUT2D eigenvalue weighted by atomic mass is 16.6. The molecule has 0 bridgehead atoms. The molecule has 1 atom stereocenters. The summed E-state index contributed by atoms with van der Waals surface area (Å²) in [6.07, 6.45) is 5.29. The number of rotatable bonds is 2. The molecule has 7 nitrogen and oxygen atoms in total. The highest BCUT2D eigenvalue weighted by Gasteiger charge is 2.33. The van der Waals surface area contributed by atoms with Crippen LogP contribution in [-0.2, 0) is 4.74 Å². The summed E-state index contributed by atoms with van der Waals surface area (Å²) in [6.45, 7) is 9.24. The number of carbonyl (C=O) groups is 1. The fourth-order valence-electron chi connectivity index (χ4n) is 3.01. The van der Waals surface area contributed by atoms with Crippen LogP contribution >= 0.6 is 0 Å². The van der Waals surface area contributed by atoms with E-state index >= 15 is 0 Å². The first-order valence-corrected chi connectivity index (χ1v) is 8.58. The van der Waals surface area contributed by atoms with Crippen LogP contribution in [0.15, 0.2) is 17.2 Å². The molecule has 0 radical (unpaired) electrons. The van der Waals surface area contributed by atoms with E-state index < -0.39 is 5.60 Å². The van der Waals surface area contributed by atoms with Crippen LogP contribution in [0.1, 0.15) is 46.6 Å². The molecule has 3 rings (SSSR count). The molecular weight excluding hydrogens is 308 g/mol. The highest BCUT2D eigenvalue weighted by molar-refractivity contribution is 5.69. The van der Waals surface area contributed by atoms with Crippen molar-refractivity contribution in [1.82, 2.24) is 14.5 Å². The summed E-state index contributed by atoms with van der Waals surface area (Å²) in [5.41, 5.74) is -0.537. The zero-order valence-corrected chi connectivity index (χ0v) is 14.9. The summed E-state index contributed by atoms with van der Waals surface area (Å²) >= 11 is 0. The molecule has 1 aliphatic heterocycles. The van der Waals surface area contributed by atoms with Gasteiger partial charge in [0.1, 0.15) is 5.60 Å². The first-order chi connectivity index (χ1) is 11.3. The predicted octanol–water partition coefficient (Wildman–Crippen LogP) is 2.02. The maximum Gasteiger partial charge on any atom is 0.410 e. The topological polar surface area (TPSA) is 67.7 Å². The zero-order chi connectivity index (χ0) is 17.5. The van der Waals surface area contributed by atoms with Gasteiger partial charge >= 0.3 is 6.09 Å². The van der Waals surface area contributed by atoms with E-state index in [0.29, 0.717) is 31.5 Å². The Kier molecular flexibility index (Phi) is 4.27. The van der Waals surface area contributed by atoms with Gasteiger partial charge in [-0.25, -0.2) is 9.78 Å². The number of carbonyl (C=O) groups excluding carboxylic acids is 1. The van der Waals surface area contributed by atoms with Crippen LogP contribution in [0.4, 0.5) is 10.6 Å². The molecule has 132 valence electrons. The second-order valence-electron chi connectivity index (χ2n) is 7.66. The molecule has 1 aromatic heterocycles. The van der Waals surface area contributed by atoms with Gasteiger partial charge in [0.05, 0.1) is 0 Å². The summed E-state index contributed by atoms with van der Waals surface area (Å²) in [7, 11) is 0. The molecule has 1 saturated carbocycles. The van der Waals surface area contributed by atoms with Gasteiger partial charge in [-0.15, -0.1) is 0 Å². The molecule has 1 aromatic rings. The number of anilines is 1. The van der Waals surface area contributed by atoms with Gasteiger partial charge in [-0.05, 0) is 40.5 Å². The van der Waals surface area contributed by atoms with Gasteiger partial charge < -0.3 is 19.1 Å². The fraction of sp³-hybridized carbons (Fsp3) is 0.706. The van der Waals surface area contributed by atoms with E-state index in [4.69, 9.17) is 4.74 Å².